The van der Waals surface area contributed by atoms with E-state index in [-0.39, 0.29) is 26.4 Å². The molecule has 48 heavy (non-hydrogen) atoms. The van der Waals surface area contributed by atoms with Crippen LogP contribution in [0, 0.1) is 11.8 Å². The van der Waals surface area contributed by atoms with Crippen molar-refractivity contribution < 1.29 is 38.0 Å². The number of unbranched alkanes of at least 4 members (excludes halogenated alkanes) is 2. The van der Waals surface area contributed by atoms with Gasteiger partial charge in [-0.3, -0.25) is 0 Å². The average molecular weight is 669 g/mol. The zero-order chi connectivity index (χ0) is 35.3. The standard InChI is InChI=1S/C40H60O8/c1-9-13-15-31(11-3)23-43-25-37(47-39(41)29(5)6)27-45-35-19-17-33-18-20-36(22-34(33)21-35)46-28-38(48-40(42)30(7)8)26-44-24-32(12-4)16-14-10-2/h17-22,31-32,37-38H,5,7,9-16,23-28H2,1-4,6,8H3. The second-order valence-electron chi connectivity index (χ2n) is 12.8. The molecule has 0 heterocycles. The number of carbonyl (C=O) groups is 2. The van der Waals surface area contributed by atoms with Gasteiger partial charge in [-0.05, 0) is 73.6 Å². The summed E-state index contributed by atoms with van der Waals surface area (Å²) in [6, 6.07) is 11.5. The lowest BCUT2D eigenvalue weighted by atomic mass is 10.0. The quantitative estimate of drug-likeness (QED) is 0.0725. The van der Waals surface area contributed by atoms with Crippen LogP contribution in [-0.4, -0.2) is 63.8 Å². The van der Waals surface area contributed by atoms with Crippen molar-refractivity contribution in [1.29, 1.82) is 0 Å². The predicted octanol–water partition coefficient (Wildman–Crippen LogP) is 9.04. The van der Waals surface area contributed by atoms with Gasteiger partial charge in [0.2, 0.25) is 0 Å². The lowest BCUT2D eigenvalue weighted by Crippen LogP contribution is -2.31. The van der Waals surface area contributed by atoms with Crippen molar-refractivity contribution in [3.63, 3.8) is 0 Å². The molecule has 2 rings (SSSR count). The number of rotatable bonds is 26. The molecular formula is C40H60O8. The Hall–Kier alpha value is -3.36. The Balaban J connectivity index is 2.06. The molecule has 2 aromatic carbocycles. The van der Waals surface area contributed by atoms with Gasteiger partial charge in [-0.25, -0.2) is 9.59 Å². The summed E-state index contributed by atoms with van der Waals surface area (Å²) in [6.45, 7) is 21.4. The number of ether oxygens (including phenoxy) is 6. The Morgan fingerprint density at radius 3 is 1.38 bits per heavy atom. The summed E-state index contributed by atoms with van der Waals surface area (Å²) in [5.74, 6) is 1.27. The third-order valence-corrected chi connectivity index (χ3v) is 8.30. The summed E-state index contributed by atoms with van der Waals surface area (Å²) in [5, 5.41) is 1.92. The van der Waals surface area contributed by atoms with Crippen molar-refractivity contribution in [3.8, 4) is 11.5 Å². The van der Waals surface area contributed by atoms with E-state index < -0.39 is 24.1 Å². The number of benzene rings is 2. The molecule has 0 saturated heterocycles. The van der Waals surface area contributed by atoms with Crippen LogP contribution in [0.2, 0.25) is 0 Å². The first-order chi connectivity index (χ1) is 23.1. The molecule has 0 N–H and O–H groups in total. The number of hydrogen-bond donors (Lipinski definition) is 0. The summed E-state index contributed by atoms with van der Waals surface area (Å²) in [5.41, 5.74) is 0.654. The van der Waals surface area contributed by atoms with E-state index in [0.717, 1.165) is 49.3 Å². The highest BCUT2D eigenvalue weighted by atomic mass is 16.6. The van der Waals surface area contributed by atoms with Crippen LogP contribution >= 0.6 is 0 Å². The van der Waals surface area contributed by atoms with Gasteiger partial charge < -0.3 is 28.4 Å². The van der Waals surface area contributed by atoms with Crippen LogP contribution in [0.4, 0.5) is 0 Å². The second kappa shape index (κ2) is 23.1. The minimum Gasteiger partial charge on any atom is -0.490 e. The first-order valence-corrected chi connectivity index (χ1v) is 17.8. The molecule has 4 atom stereocenters. The van der Waals surface area contributed by atoms with E-state index in [0.29, 0.717) is 47.7 Å². The Labute approximate surface area is 289 Å². The lowest BCUT2D eigenvalue weighted by Gasteiger charge is -2.21. The van der Waals surface area contributed by atoms with E-state index in [2.05, 4.69) is 40.9 Å². The highest BCUT2D eigenvalue weighted by molar-refractivity contribution is 5.87. The summed E-state index contributed by atoms with van der Waals surface area (Å²) in [4.78, 5) is 24.7. The first-order valence-electron chi connectivity index (χ1n) is 17.8. The van der Waals surface area contributed by atoms with Crippen LogP contribution in [0.15, 0.2) is 60.7 Å². The topological polar surface area (TPSA) is 89.5 Å². The monoisotopic (exact) mass is 668 g/mol. The summed E-state index contributed by atoms with van der Waals surface area (Å²) >= 11 is 0. The zero-order valence-corrected chi connectivity index (χ0v) is 30.4. The smallest absolute Gasteiger partial charge is 0.333 e. The van der Waals surface area contributed by atoms with Gasteiger partial charge in [0.15, 0.2) is 12.2 Å². The Morgan fingerprint density at radius 1 is 0.604 bits per heavy atom. The molecule has 0 fully saturated rings. The van der Waals surface area contributed by atoms with Gasteiger partial charge in [0.05, 0.1) is 13.2 Å². The average Bonchev–Trinajstić information content (AvgIpc) is 3.08. The van der Waals surface area contributed by atoms with Gasteiger partial charge in [0.1, 0.15) is 24.7 Å². The molecule has 4 unspecified atom stereocenters. The van der Waals surface area contributed by atoms with Crippen LogP contribution in [0.5, 0.6) is 11.5 Å². The molecule has 0 radical (unpaired) electrons. The van der Waals surface area contributed by atoms with Crippen LogP contribution in [0.3, 0.4) is 0 Å². The molecule has 268 valence electrons. The fourth-order valence-corrected chi connectivity index (χ4v) is 5.03. The lowest BCUT2D eigenvalue weighted by molar-refractivity contribution is -0.150. The maximum Gasteiger partial charge on any atom is 0.333 e. The first kappa shape index (κ1) is 40.8. The predicted molar refractivity (Wildman–Crippen MR) is 193 cm³/mol. The molecule has 8 heteroatoms. The zero-order valence-electron chi connectivity index (χ0n) is 30.4. The van der Waals surface area contributed by atoms with Crippen molar-refractivity contribution in [2.45, 2.75) is 105 Å². The van der Waals surface area contributed by atoms with Crippen molar-refractivity contribution >= 4 is 22.7 Å². The van der Waals surface area contributed by atoms with Gasteiger partial charge in [-0.15, -0.1) is 0 Å². The fourth-order valence-electron chi connectivity index (χ4n) is 5.03. The van der Waals surface area contributed by atoms with Gasteiger partial charge in [-0.1, -0.05) is 91.5 Å². The SMILES string of the molecule is C=C(C)C(=O)OC(COCC(CC)CCCC)COc1ccc2ccc(OCC(COCC(CC)CCCC)OC(=O)C(=C)C)cc2c1. The molecule has 0 spiro atoms. The maximum absolute atomic E-state index is 12.3. The molecule has 0 aliphatic heterocycles. The molecule has 8 nitrogen and oxygen atoms in total. The molecule has 0 aliphatic rings. The molecule has 0 aliphatic carbocycles. The minimum atomic E-state index is -0.580. The van der Waals surface area contributed by atoms with Crippen molar-refractivity contribution in [3.05, 3.63) is 60.7 Å². The molecule has 0 saturated carbocycles. The van der Waals surface area contributed by atoms with Crippen LogP contribution in [0.25, 0.3) is 10.8 Å². The second-order valence-corrected chi connectivity index (χ2v) is 12.8. The number of fused-ring (bicyclic) bond motifs is 1. The van der Waals surface area contributed by atoms with E-state index in [4.69, 9.17) is 28.4 Å². The maximum atomic E-state index is 12.3. The highest BCUT2D eigenvalue weighted by Gasteiger charge is 2.20. The minimum absolute atomic E-state index is 0.138. The van der Waals surface area contributed by atoms with Gasteiger partial charge in [-0.2, -0.15) is 0 Å². The van der Waals surface area contributed by atoms with E-state index in [1.807, 2.05) is 36.4 Å². The normalized spacial score (nSPS) is 13.7. The molecule has 0 bridgehead atoms. The van der Waals surface area contributed by atoms with Crippen molar-refractivity contribution in [2.75, 3.05) is 39.6 Å². The van der Waals surface area contributed by atoms with Crippen LogP contribution < -0.4 is 9.47 Å². The van der Waals surface area contributed by atoms with Gasteiger partial charge >= 0.3 is 11.9 Å². The van der Waals surface area contributed by atoms with Crippen LogP contribution in [0.1, 0.15) is 92.9 Å². The number of carbonyl (C=O) groups excluding carboxylic acids is 2. The van der Waals surface area contributed by atoms with Gasteiger partial charge in [0.25, 0.3) is 0 Å². The number of hydrogen-bond acceptors (Lipinski definition) is 8. The van der Waals surface area contributed by atoms with Crippen LogP contribution in [-0.2, 0) is 28.5 Å². The third-order valence-electron chi connectivity index (χ3n) is 8.30. The largest absolute Gasteiger partial charge is 0.490 e. The van der Waals surface area contributed by atoms with E-state index in [1.54, 1.807) is 13.8 Å². The summed E-state index contributed by atoms with van der Waals surface area (Å²) in [6.07, 6.45) is 7.82. The van der Waals surface area contributed by atoms with E-state index in [1.165, 1.54) is 12.8 Å². The number of esters is 2. The molecule has 0 aromatic heterocycles. The molecular weight excluding hydrogens is 608 g/mol. The van der Waals surface area contributed by atoms with Gasteiger partial charge in [0, 0.05) is 24.4 Å². The third kappa shape index (κ3) is 15.7. The van der Waals surface area contributed by atoms with E-state index >= 15 is 0 Å². The van der Waals surface area contributed by atoms with Crippen molar-refractivity contribution in [1.82, 2.24) is 0 Å². The Bertz CT molecular complexity index is 1180. The highest BCUT2D eigenvalue weighted by Crippen LogP contribution is 2.26. The Kier molecular flexibility index (Phi) is 19.6. The Morgan fingerprint density at radius 2 is 1.02 bits per heavy atom. The molecule has 0 amide bonds. The summed E-state index contributed by atoms with van der Waals surface area (Å²) in [7, 11) is 0. The summed E-state index contributed by atoms with van der Waals surface area (Å²) < 4.78 is 35.5. The fraction of sp³-hybridized carbons (Fsp3) is 0.600. The van der Waals surface area contributed by atoms with Crippen molar-refractivity contribution in [2.24, 2.45) is 11.8 Å². The van der Waals surface area contributed by atoms with E-state index in [9.17, 15) is 9.59 Å². The molecule has 2 aromatic rings.